The zero-order valence-electron chi connectivity index (χ0n) is 12.6. The summed E-state index contributed by atoms with van der Waals surface area (Å²) in [4.78, 5) is 23.5. The molecule has 0 fully saturated rings. The number of hydrogen-bond donors (Lipinski definition) is 1. The largest absolute Gasteiger partial charge is 0.476 e. The molecule has 0 unspecified atom stereocenters. The summed E-state index contributed by atoms with van der Waals surface area (Å²) in [6, 6.07) is 0. The minimum absolute atomic E-state index is 0.00516. The van der Waals surface area contributed by atoms with Gasteiger partial charge in [-0.3, -0.25) is 4.79 Å². The smallest absolute Gasteiger partial charge is 0.242 e. The highest BCUT2D eigenvalue weighted by Gasteiger charge is 2.18. The lowest BCUT2D eigenvalue weighted by molar-refractivity contribution is -0.127. The van der Waals surface area contributed by atoms with E-state index in [1.54, 1.807) is 19.0 Å². The molecule has 0 aliphatic heterocycles. The highest BCUT2D eigenvalue weighted by Crippen LogP contribution is 2.27. The van der Waals surface area contributed by atoms with Crippen molar-refractivity contribution >= 4 is 17.4 Å². The molecule has 0 aliphatic rings. The van der Waals surface area contributed by atoms with Gasteiger partial charge in [0, 0.05) is 20.6 Å². The van der Waals surface area contributed by atoms with Crippen LogP contribution in [-0.2, 0) is 4.79 Å². The standard InChI is InChI=1S/C13H23N5O2/c1-5-7-18(8-10(19)17(3)4)12-11(14)13(20-6-2)16-9-15-12/h9H,5-8,14H2,1-4H3. The Bertz CT molecular complexity index is 450. The van der Waals surface area contributed by atoms with Gasteiger partial charge in [-0.15, -0.1) is 0 Å². The van der Waals surface area contributed by atoms with Gasteiger partial charge >= 0.3 is 0 Å². The van der Waals surface area contributed by atoms with Gasteiger partial charge in [0.15, 0.2) is 5.82 Å². The van der Waals surface area contributed by atoms with Gasteiger partial charge in [-0.2, -0.15) is 4.98 Å². The first-order chi connectivity index (χ1) is 9.51. The van der Waals surface area contributed by atoms with Crippen LogP contribution in [0.2, 0.25) is 0 Å². The molecular formula is C13H23N5O2. The minimum Gasteiger partial charge on any atom is -0.476 e. The molecule has 1 aromatic heterocycles. The van der Waals surface area contributed by atoms with Gasteiger partial charge in [-0.05, 0) is 13.3 Å². The van der Waals surface area contributed by atoms with E-state index >= 15 is 0 Å². The van der Waals surface area contributed by atoms with Crippen molar-refractivity contribution in [3.63, 3.8) is 0 Å². The van der Waals surface area contributed by atoms with Gasteiger partial charge < -0.3 is 20.3 Å². The van der Waals surface area contributed by atoms with Crippen molar-refractivity contribution in [3.05, 3.63) is 6.33 Å². The normalized spacial score (nSPS) is 10.2. The lowest BCUT2D eigenvalue weighted by atomic mass is 10.3. The molecule has 0 bridgehead atoms. The van der Waals surface area contributed by atoms with Crippen LogP contribution in [0.4, 0.5) is 11.5 Å². The van der Waals surface area contributed by atoms with E-state index in [-0.39, 0.29) is 12.5 Å². The van der Waals surface area contributed by atoms with E-state index < -0.39 is 0 Å². The monoisotopic (exact) mass is 281 g/mol. The fourth-order valence-electron chi connectivity index (χ4n) is 1.71. The molecule has 0 spiro atoms. The molecule has 1 amide bonds. The Hall–Kier alpha value is -2.05. The Morgan fingerprint density at radius 2 is 2.05 bits per heavy atom. The fourth-order valence-corrected chi connectivity index (χ4v) is 1.71. The van der Waals surface area contributed by atoms with Crippen LogP contribution in [0.1, 0.15) is 20.3 Å². The molecule has 2 N–H and O–H groups in total. The second-order valence-corrected chi connectivity index (χ2v) is 4.56. The van der Waals surface area contributed by atoms with Crippen LogP contribution in [0, 0.1) is 0 Å². The van der Waals surface area contributed by atoms with Gasteiger partial charge in [-0.25, -0.2) is 4.98 Å². The summed E-state index contributed by atoms with van der Waals surface area (Å²) >= 11 is 0. The Morgan fingerprint density at radius 3 is 2.60 bits per heavy atom. The molecule has 1 heterocycles. The van der Waals surface area contributed by atoms with E-state index in [2.05, 4.69) is 9.97 Å². The zero-order chi connectivity index (χ0) is 15.1. The van der Waals surface area contributed by atoms with Crippen molar-refractivity contribution < 1.29 is 9.53 Å². The number of aromatic nitrogens is 2. The third-order valence-electron chi connectivity index (χ3n) is 2.73. The third-order valence-corrected chi connectivity index (χ3v) is 2.73. The molecule has 0 aromatic carbocycles. The van der Waals surface area contributed by atoms with Crippen molar-refractivity contribution in [1.29, 1.82) is 0 Å². The lowest BCUT2D eigenvalue weighted by Crippen LogP contribution is -2.38. The molecule has 7 nitrogen and oxygen atoms in total. The third kappa shape index (κ3) is 3.97. The Kier molecular flexibility index (Phi) is 6.02. The van der Waals surface area contributed by atoms with E-state index in [0.717, 1.165) is 6.42 Å². The summed E-state index contributed by atoms with van der Waals surface area (Å²) in [5, 5.41) is 0. The summed E-state index contributed by atoms with van der Waals surface area (Å²) in [6.45, 7) is 5.29. The number of rotatable bonds is 7. The maximum absolute atomic E-state index is 11.9. The molecule has 0 atom stereocenters. The molecular weight excluding hydrogens is 258 g/mol. The Balaban J connectivity index is 3.02. The summed E-state index contributed by atoms with van der Waals surface area (Å²) in [5.41, 5.74) is 6.41. The maximum atomic E-state index is 11.9. The van der Waals surface area contributed by atoms with E-state index in [0.29, 0.717) is 30.5 Å². The quantitative estimate of drug-likeness (QED) is 0.794. The van der Waals surface area contributed by atoms with Gasteiger partial charge in [0.1, 0.15) is 12.0 Å². The summed E-state index contributed by atoms with van der Waals surface area (Å²) in [7, 11) is 3.45. The van der Waals surface area contributed by atoms with Crippen LogP contribution < -0.4 is 15.4 Å². The van der Waals surface area contributed by atoms with E-state index in [4.69, 9.17) is 10.5 Å². The van der Waals surface area contributed by atoms with Gasteiger partial charge in [-0.1, -0.05) is 6.92 Å². The molecule has 20 heavy (non-hydrogen) atoms. The van der Waals surface area contributed by atoms with Gasteiger partial charge in [0.25, 0.3) is 0 Å². The summed E-state index contributed by atoms with van der Waals surface area (Å²) in [5.74, 6) is 0.894. The molecule has 1 rings (SSSR count). The van der Waals surface area contributed by atoms with E-state index in [1.165, 1.54) is 6.33 Å². The first kappa shape index (κ1) is 16.0. The number of nitrogens with zero attached hydrogens (tertiary/aromatic N) is 4. The molecule has 0 aliphatic carbocycles. The van der Waals surface area contributed by atoms with E-state index in [1.807, 2.05) is 18.7 Å². The SMILES string of the molecule is CCCN(CC(=O)N(C)C)c1ncnc(OCC)c1N. The topological polar surface area (TPSA) is 84.6 Å². The van der Waals surface area contributed by atoms with Crippen LogP contribution in [0.3, 0.4) is 0 Å². The second kappa shape index (κ2) is 7.52. The fraction of sp³-hybridized carbons (Fsp3) is 0.615. The number of carbonyl (C=O) groups excluding carboxylic acids is 1. The van der Waals surface area contributed by atoms with Gasteiger partial charge in [0.2, 0.25) is 11.8 Å². The molecule has 7 heteroatoms. The number of hydrogen-bond acceptors (Lipinski definition) is 6. The van der Waals surface area contributed by atoms with Crippen LogP contribution in [0.25, 0.3) is 0 Å². The minimum atomic E-state index is -0.00516. The van der Waals surface area contributed by atoms with Crippen LogP contribution in [0.5, 0.6) is 5.88 Å². The summed E-state index contributed by atoms with van der Waals surface area (Å²) < 4.78 is 5.36. The van der Waals surface area contributed by atoms with Crippen LogP contribution in [-0.4, -0.2) is 54.6 Å². The average Bonchev–Trinajstić information content (AvgIpc) is 2.41. The molecule has 1 aromatic rings. The van der Waals surface area contributed by atoms with Crippen molar-refractivity contribution in [2.75, 3.05) is 44.4 Å². The van der Waals surface area contributed by atoms with E-state index in [9.17, 15) is 4.79 Å². The van der Waals surface area contributed by atoms with Crippen LogP contribution in [0.15, 0.2) is 6.33 Å². The zero-order valence-corrected chi connectivity index (χ0v) is 12.6. The number of likely N-dealkylation sites (N-methyl/N-ethyl adjacent to an activating group) is 1. The first-order valence-electron chi connectivity index (χ1n) is 6.69. The summed E-state index contributed by atoms with van der Waals surface area (Å²) in [6.07, 6.45) is 2.29. The molecule has 0 radical (unpaired) electrons. The van der Waals surface area contributed by atoms with Crippen molar-refractivity contribution in [1.82, 2.24) is 14.9 Å². The first-order valence-corrected chi connectivity index (χ1v) is 6.69. The second-order valence-electron chi connectivity index (χ2n) is 4.56. The number of anilines is 2. The highest BCUT2D eigenvalue weighted by molar-refractivity contribution is 5.82. The molecule has 0 saturated heterocycles. The molecule has 112 valence electrons. The Morgan fingerprint density at radius 1 is 1.35 bits per heavy atom. The van der Waals surface area contributed by atoms with Gasteiger partial charge in [0.05, 0.1) is 13.2 Å². The number of ether oxygens (including phenoxy) is 1. The number of nitrogen functional groups attached to an aromatic ring is 1. The number of nitrogens with two attached hydrogens (primary N) is 1. The maximum Gasteiger partial charge on any atom is 0.242 e. The predicted molar refractivity (Wildman–Crippen MR) is 78.8 cm³/mol. The lowest BCUT2D eigenvalue weighted by Gasteiger charge is -2.25. The average molecular weight is 281 g/mol. The van der Waals surface area contributed by atoms with Crippen LogP contribution >= 0.6 is 0 Å². The predicted octanol–water partition coefficient (Wildman–Crippen LogP) is 0.762. The number of amides is 1. The molecule has 0 saturated carbocycles. The van der Waals surface area contributed by atoms with Crippen molar-refractivity contribution in [2.24, 2.45) is 0 Å². The number of carbonyl (C=O) groups is 1. The Labute approximate surface area is 119 Å². The van der Waals surface area contributed by atoms with Crippen molar-refractivity contribution in [2.45, 2.75) is 20.3 Å². The highest BCUT2D eigenvalue weighted by atomic mass is 16.5. The van der Waals surface area contributed by atoms with Crippen molar-refractivity contribution in [3.8, 4) is 5.88 Å².